The lowest BCUT2D eigenvalue weighted by atomic mass is 9.96. The number of cyclic esters (lactones) is 2. The molecule has 3 rings (SSSR count). The Morgan fingerprint density at radius 2 is 1.90 bits per heavy atom. The molecule has 0 radical (unpaired) electrons. The average Bonchev–Trinajstić information content (AvgIpc) is 3.03. The molecule has 0 spiro atoms. The molecule has 1 fully saturated rings. The number of aryl methyl sites for hydroxylation is 1. The zero-order chi connectivity index (χ0) is 14.1. The van der Waals surface area contributed by atoms with Crippen LogP contribution < -0.4 is 0 Å². The highest BCUT2D eigenvalue weighted by Gasteiger charge is 2.31. The van der Waals surface area contributed by atoms with E-state index in [4.69, 9.17) is 0 Å². The highest BCUT2D eigenvalue weighted by Crippen LogP contribution is 2.34. The second-order valence-corrected chi connectivity index (χ2v) is 5.58. The fraction of sp³-hybridized carbons (Fsp3) is 0.125. The number of ether oxygens (including phenoxy) is 1. The molecule has 0 saturated carbocycles. The van der Waals surface area contributed by atoms with Crippen molar-refractivity contribution in [3.05, 3.63) is 63.4 Å². The molecule has 3 nitrogen and oxygen atoms in total. The van der Waals surface area contributed by atoms with E-state index in [1.165, 1.54) is 0 Å². The molecule has 0 atom stereocenters. The van der Waals surface area contributed by atoms with Gasteiger partial charge in [0.15, 0.2) is 0 Å². The Kier molecular flexibility index (Phi) is 3.24. The first kappa shape index (κ1) is 12.8. The van der Waals surface area contributed by atoms with E-state index in [9.17, 15) is 9.59 Å². The van der Waals surface area contributed by atoms with Crippen molar-refractivity contribution in [2.45, 2.75) is 13.3 Å². The van der Waals surface area contributed by atoms with Gasteiger partial charge in [-0.05, 0) is 23.9 Å². The third-order valence-corrected chi connectivity index (χ3v) is 4.07. The van der Waals surface area contributed by atoms with Gasteiger partial charge in [-0.2, -0.15) is 0 Å². The Labute approximate surface area is 120 Å². The second-order valence-electron chi connectivity index (χ2n) is 4.64. The fourth-order valence-electron chi connectivity index (χ4n) is 2.21. The van der Waals surface area contributed by atoms with Gasteiger partial charge in [-0.3, -0.25) is 4.79 Å². The highest BCUT2D eigenvalue weighted by atomic mass is 32.1. The van der Waals surface area contributed by atoms with Crippen LogP contribution >= 0.6 is 11.3 Å². The maximum absolute atomic E-state index is 11.9. The molecule has 1 aliphatic heterocycles. The molecule has 1 aromatic heterocycles. The van der Waals surface area contributed by atoms with Crippen molar-refractivity contribution in [2.24, 2.45) is 0 Å². The van der Waals surface area contributed by atoms with Crippen LogP contribution in [0.15, 0.2) is 47.4 Å². The Bertz CT molecular complexity index is 694. The summed E-state index contributed by atoms with van der Waals surface area (Å²) in [6, 6.07) is 11.8. The molecule has 1 aromatic carbocycles. The lowest BCUT2D eigenvalue weighted by Crippen LogP contribution is -2.00. The van der Waals surface area contributed by atoms with Crippen LogP contribution in [0.25, 0.3) is 5.57 Å². The molecule has 1 aliphatic rings. The lowest BCUT2D eigenvalue weighted by molar-refractivity contribution is -0.151. The monoisotopic (exact) mass is 284 g/mol. The van der Waals surface area contributed by atoms with Gasteiger partial charge in [-0.25, -0.2) is 4.79 Å². The van der Waals surface area contributed by atoms with Gasteiger partial charge in [0.05, 0.1) is 12.0 Å². The molecular weight excluding hydrogens is 272 g/mol. The predicted molar refractivity (Wildman–Crippen MR) is 77.2 cm³/mol. The van der Waals surface area contributed by atoms with Crippen LogP contribution in [0.4, 0.5) is 0 Å². The van der Waals surface area contributed by atoms with Gasteiger partial charge in [0.2, 0.25) is 0 Å². The summed E-state index contributed by atoms with van der Waals surface area (Å²) in [6.45, 7) is 2.01. The third-order valence-electron chi connectivity index (χ3n) is 3.18. The number of esters is 2. The molecule has 0 unspecified atom stereocenters. The molecule has 20 heavy (non-hydrogen) atoms. The second kappa shape index (κ2) is 5.06. The summed E-state index contributed by atoms with van der Waals surface area (Å²) in [5, 5.41) is 1.95. The number of carbonyl (C=O) groups excluding carboxylic acids is 2. The zero-order valence-corrected chi connectivity index (χ0v) is 11.7. The Morgan fingerprint density at radius 3 is 2.45 bits per heavy atom. The summed E-state index contributed by atoms with van der Waals surface area (Å²) in [5.74, 6) is -1.01. The van der Waals surface area contributed by atoms with E-state index in [0.717, 1.165) is 21.6 Å². The number of benzene rings is 1. The summed E-state index contributed by atoms with van der Waals surface area (Å²) in [7, 11) is 0. The van der Waals surface area contributed by atoms with Crippen molar-refractivity contribution in [3.63, 3.8) is 0 Å². The van der Waals surface area contributed by atoms with Crippen LogP contribution in [0.3, 0.4) is 0 Å². The van der Waals surface area contributed by atoms with Crippen molar-refractivity contribution in [3.8, 4) is 0 Å². The van der Waals surface area contributed by atoms with Gasteiger partial charge in [-0.15, -0.1) is 11.3 Å². The largest absolute Gasteiger partial charge is 0.389 e. The van der Waals surface area contributed by atoms with Crippen LogP contribution in [0, 0.1) is 6.92 Å². The Morgan fingerprint density at radius 1 is 1.15 bits per heavy atom. The summed E-state index contributed by atoms with van der Waals surface area (Å²) >= 11 is 1.54. The van der Waals surface area contributed by atoms with Crippen molar-refractivity contribution in [1.29, 1.82) is 0 Å². The van der Waals surface area contributed by atoms with E-state index < -0.39 is 11.9 Å². The van der Waals surface area contributed by atoms with Gasteiger partial charge in [0.1, 0.15) is 0 Å². The van der Waals surface area contributed by atoms with E-state index in [0.29, 0.717) is 5.57 Å². The van der Waals surface area contributed by atoms with Crippen LogP contribution in [0.2, 0.25) is 0 Å². The number of hydrogen-bond acceptors (Lipinski definition) is 4. The molecule has 0 aliphatic carbocycles. The number of rotatable bonds is 2. The van der Waals surface area contributed by atoms with Crippen molar-refractivity contribution >= 4 is 28.8 Å². The molecule has 1 saturated heterocycles. The molecule has 100 valence electrons. The molecule has 2 aromatic rings. The number of thiophene rings is 1. The normalized spacial score (nSPS) is 17.2. The lowest BCUT2D eigenvalue weighted by Gasteiger charge is -2.08. The van der Waals surface area contributed by atoms with Crippen LogP contribution in [-0.4, -0.2) is 11.9 Å². The van der Waals surface area contributed by atoms with E-state index in [1.54, 1.807) is 11.3 Å². The Balaban J connectivity index is 2.19. The van der Waals surface area contributed by atoms with Crippen LogP contribution in [0.5, 0.6) is 0 Å². The number of carbonyl (C=O) groups is 2. The minimum absolute atomic E-state index is 0.0416. The Hall–Kier alpha value is -2.20. The molecule has 4 heteroatoms. The maximum Gasteiger partial charge on any atom is 0.342 e. The summed E-state index contributed by atoms with van der Waals surface area (Å²) in [6.07, 6.45) is 0.0416. The zero-order valence-electron chi connectivity index (χ0n) is 10.9. The first-order valence-corrected chi connectivity index (χ1v) is 7.12. The van der Waals surface area contributed by atoms with Gasteiger partial charge < -0.3 is 4.74 Å². The van der Waals surface area contributed by atoms with Gasteiger partial charge >= 0.3 is 11.9 Å². The third kappa shape index (κ3) is 2.30. The summed E-state index contributed by atoms with van der Waals surface area (Å²) in [4.78, 5) is 24.2. The first-order valence-electron chi connectivity index (χ1n) is 6.24. The van der Waals surface area contributed by atoms with Gasteiger partial charge in [0, 0.05) is 10.5 Å². The fourth-order valence-corrected chi connectivity index (χ4v) is 3.03. The summed E-state index contributed by atoms with van der Waals surface area (Å²) in [5.41, 5.74) is 3.33. The van der Waals surface area contributed by atoms with Gasteiger partial charge in [0.25, 0.3) is 0 Å². The molecule has 0 N–H and O–H groups in total. The SMILES string of the molecule is Cc1ccc(/C(=C2/CC(=O)OC2=O)c2cccs2)cc1. The van der Waals surface area contributed by atoms with E-state index in [-0.39, 0.29) is 6.42 Å². The van der Waals surface area contributed by atoms with E-state index >= 15 is 0 Å². The molecule has 2 heterocycles. The molecular formula is C16H12O3S. The molecule has 0 amide bonds. The first-order chi connectivity index (χ1) is 9.65. The van der Waals surface area contributed by atoms with Crippen molar-refractivity contribution < 1.29 is 14.3 Å². The van der Waals surface area contributed by atoms with Crippen LogP contribution in [-0.2, 0) is 14.3 Å². The molecule has 0 bridgehead atoms. The van der Waals surface area contributed by atoms with Crippen LogP contribution in [0.1, 0.15) is 22.4 Å². The minimum Gasteiger partial charge on any atom is -0.389 e. The van der Waals surface area contributed by atoms with Crippen molar-refractivity contribution in [2.75, 3.05) is 0 Å². The predicted octanol–water partition coefficient (Wildman–Crippen LogP) is 3.33. The quantitative estimate of drug-likeness (QED) is 0.482. The van der Waals surface area contributed by atoms with Crippen molar-refractivity contribution in [1.82, 2.24) is 0 Å². The number of hydrogen-bond donors (Lipinski definition) is 0. The van der Waals surface area contributed by atoms with E-state index in [1.807, 2.05) is 48.7 Å². The average molecular weight is 284 g/mol. The van der Waals surface area contributed by atoms with Gasteiger partial charge in [-0.1, -0.05) is 35.9 Å². The highest BCUT2D eigenvalue weighted by molar-refractivity contribution is 7.11. The van der Waals surface area contributed by atoms with E-state index in [2.05, 4.69) is 4.74 Å². The summed E-state index contributed by atoms with van der Waals surface area (Å²) < 4.78 is 4.67. The maximum atomic E-state index is 11.9. The standard InChI is InChI=1S/C16H12O3S/c1-10-4-6-11(7-5-10)15(13-3-2-8-20-13)12-9-14(17)19-16(12)18/h2-8H,9H2,1H3/b15-12+. The smallest absolute Gasteiger partial charge is 0.342 e. The topological polar surface area (TPSA) is 43.4 Å². The minimum atomic E-state index is -0.529.